The predicted molar refractivity (Wildman–Crippen MR) is 106 cm³/mol. The molecule has 0 aliphatic heterocycles. The molecule has 2 heterocycles. The molecule has 3 rings (SSSR count). The number of aliphatic hydroxyl groups is 1. The third-order valence-corrected chi connectivity index (χ3v) is 5.95. The monoisotopic (exact) mass is 371 g/mol. The molecular weight excluding hydrogens is 346 g/mol. The minimum atomic E-state index is -0.231. The number of nitrogens with one attached hydrogen (secondary N) is 1. The lowest BCUT2D eigenvalue weighted by Gasteiger charge is -2.22. The van der Waals surface area contributed by atoms with Crippen molar-refractivity contribution in [2.45, 2.75) is 40.2 Å². The zero-order valence-corrected chi connectivity index (χ0v) is 16.4. The summed E-state index contributed by atoms with van der Waals surface area (Å²) in [4.78, 5) is 17.3. The fourth-order valence-corrected chi connectivity index (χ4v) is 4.15. The molecule has 2 atom stereocenters. The van der Waals surface area contributed by atoms with Gasteiger partial charge in [-0.2, -0.15) is 0 Å². The van der Waals surface area contributed by atoms with Gasteiger partial charge in [-0.15, -0.1) is 0 Å². The van der Waals surface area contributed by atoms with Gasteiger partial charge in [0.15, 0.2) is 5.13 Å². The van der Waals surface area contributed by atoms with E-state index in [1.165, 1.54) is 0 Å². The summed E-state index contributed by atoms with van der Waals surface area (Å²) in [7, 11) is 0. The van der Waals surface area contributed by atoms with Crippen LogP contribution < -0.4 is 5.32 Å². The van der Waals surface area contributed by atoms with Crippen LogP contribution in [0, 0.1) is 19.8 Å². The number of thiazole rings is 1. The fraction of sp³-hybridized carbons (Fsp3) is 0.400. The molecule has 2 N–H and O–H groups in total. The van der Waals surface area contributed by atoms with Crippen LogP contribution in [0.1, 0.15) is 42.0 Å². The van der Waals surface area contributed by atoms with Gasteiger partial charge in [-0.1, -0.05) is 31.6 Å². The fourth-order valence-electron chi connectivity index (χ4n) is 3.02. The van der Waals surface area contributed by atoms with Crippen LogP contribution in [0.3, 0.4) is 0 Å². The maximum absolute atomic E-state index is 12.6. The Hall–Kier alpha value is -2.18. The first-order valence-corrected chi connectivity index (χ1v) is 9.73. The van der Waals surface area contributed by atoms with Crippen LogP contribution in [0.4, 0.5) is 0 Å². The molecule has 0 bridgehead atoms. The van der Waals surface area contributed by atoms with Crippen molar-refractivity contribution < 1.29 is 9.90 Å². The lowest BCUT2D eigenvalue weighted by atomic mass is 9.99. The highest BCUT2D eigenvalue weighted by Crippen LogP contribution is 2.28. The Balaban J connectivity index is 1.89. The number of aromatic nitrogens is 2. The van der Waals surface area contributed by atoms with Gasteiger partial charge < -0.3 is 10.4 Å². The lowest BCUT2D eigenvalue weighted by molar-refractivity contribution is 0.0891. The van der Waals surface area contributed by atoms with Gasteiger partial charge in [0.2, 0.25) is 0 Å². The Morgan fingerprint density at radius 2 is 1.96 bits per heavy atom. The van der Waals surface area contributed by atoms with Crippen LogP contribution in [0.2, 0.25) is 0 Å². The quantitative estimate of drug-likeness (QED) is 0.692. The number of carbonyl (C=O) groups is 1. The molecule has 1 aromatic carbocycles. The average molecular weight is 372 g/mol. The van der Waals surface area contributed by atoms with Crippen molar-refractivity contribution in [1.82, 2.24) is 14.9 Å². The predicted octanol–water partition coefficient (Wildman–Crippen LogP) is 3.84. The number of aryl methyl sites for hydroxylation is 2. The van der Waals surface area contributed by atoms with E-state index < -0.39 is 0 Å². The highest BCUT2D eigenvalue weighted by Gasteiger charge is 2.19. The molecule has 0 spiro atoms. The largest absolute Gasteiger partial charge is 0.394 e. The van der Waals surface area contributed by atoms with Gasteiger partial charge in [0, 0.05) is 17.0 Å². The van der Waals surface area contributed by atoms with E-state index in [4.69, 9.17) is 4.98 Å². The molecule has 0 unspecified atom stereocenters. The number of rotatable bonds is 6. The third-order valence-electron chi connectivity index (χ3n) is 4.95. The molecule has 5 nitrogen and oxygen atoms in total. The summed E-state index contributed by atoms with van der Waals surface area (Å²) in [5.74, 6) is 0.0666. The van der Waals surface area contributed by atoms with E-state index in [0.29, 0.717) is 5.56 Å². The van der Waals surface area contributed by atoms with Crippen molar-refractivity contribution in [3.05, 3.63) is 47.3 Å². The summed E-state index contributed by atoms with van der Waals surface area (Å²) >= 11 is 1.57. The van der Waals surface area contributed by atoms with Gasteiger partial charge in [-0.05, 0) is 50.1 Å². The van der Waals surface area contributed by atoms with E-state index in [-0.39, 0.29) is 24.5 Å². The zero-order valence-electron chi connectivity index (χ0n) is 15.6. The van der Waals surface area contributed by atoms with Crippen LogP contribution in [-0.2, 0) is 0 Å². The van der Waals surface area contributed by atoms with E-state index in [0.717, 1.165) is 33.2 Å². The number of fused-ring (bicyclic) bond motifs is 1. The summed E-state index contributed by atoms with van der Waals surface area (Å²) in [6.07, 6.45) is 0.901. The first-order chi connectivity index (χ1) is 12.4. The number of carbonyl (C=O) groups excluding carboxylic acids is 1. The summed E-state index contributed by atoms with van der Waals surface area (Å²) < 4.78 is 3.10. The van der Waals surface area contributed by atoms with Crippen molar-refractivity contribution in [2.75, 3.05) is 6.61 Å². The molecule has 6 heteroatoms. The molecule has 0 aliphatic carbocycles. The van der Waals surface area contributed by atoms with Crippen molar-refractivity contribution in [1.29, 1.82) is 0 Å². The van der Waals surface area contributed by atoms with Crippen molar-refractivity contribution in [2.24, 2.45) is 5.92 Å². The van der Waals surface area contributed by atoms with E-state index in [9.17, 15) is 9.90 Å². The molecule has 0 radical (unpaired) electrons. The molecule has 2 aromatic heterocycles. The molecule has 0 fully saturated rings. The van der Waals surface area contributed by atoms with Gasteiger partial charge in [-0.25, -0.2) is 4.98 Å². The van der Waals surface area contributed by atoms with Crippen LogP contribution in [0.25, 0.3) is 15.3 Å². The number of benzene rings is 1. The molecule has 0 aliphatic rings. The second-order valence-corrected chi connectivity index (χ2v) is 7.79. The maximum Gasteiger partial charge on any atom is 0.251 e. The highest BCUT2D eigenvalue weighted by molar-refractivity contribution is 7.20. The van der Waals surface area contributed by atoms with Gasteiger partial charge in [-0.3, -0.25) is 9.36 Å². The van der Waals surface area contributed by atoms with E-state index in [1.807, 2.05) is 19.1 Å². The Kier molecular flexibility index (Phi) is 5.44. The molecule has 0 saturated heterocycles. The lowest BCUT2D eigenvalue weighted by Crippen LogP contribution is -2.41. The summed E-state index contributed by atoms with van der Waals surface area (Å²) in [5, 5.41) is 13.4. The Morgan fingerprint density at radius 3 is 2.58 bits per heavy atom. The Labute approximate surface area is 157 Å². The number of hydrogen-bond acceptors (Lipinski definition) is 4. The number of aliphatic hydroxyl groups excluding tert-OH is 1. The summed E-state index contributed by atoms with van der Waals surface area (Å²) in [6.45, 7) is 8.14. The molecule has 0 saturated carbocycles. The number of nitrogens with zero attached hydrogens (tertiary/aromatic N) is 2. The van der Waals surface area contributed by atoms with Crippen molar-refractivity contribution in [3.63, 3.8) is 0 Å². The van der Waals surface area contributed by atoms with Gasteiger partial charge in [0.05, 0.1) is 22.9 Å². The smallest absolute Gasteiger partial charge is 0.251 e. The second-order valence-electron chi connectivity index (χ2n) is 6.78. The second kappa shape index (κ2) is 7.60. The summed E-state index contributed by atoms with van der Waals surface area (Å²) in [5.41, 5.74) is 3.75. The molecular formula is C20H25N3O2S. The van der Waals surface area contributed by atoms with E-state index in [1.54, 1.807) is 17.4 Å². The SMILES string of the molecule is CC[C@@H](C)[C@@H](CO)NC(=O)c1ccc2nc(-n3c(C)ccc3C)sc2c1. The van der Waals surface area contributed by atoms with Gasteiger partial charge in [0.25, 0.3) is 5.91 Å². The average Bonchev–Trinajstić information content (AvgIpc) is 3.20. The number of hydrogen-bond donors (Lipinski definition) is 2. The van der Waals surface area contributed by atoms with E-state index in [2.05, 4.69) is 42.8 Å². The van der Waals surface area contributed by atoms with Gasteiger partial charge >= 0.3 is 0 Å². The Morgan fingerprint density at radius 1 is 1.27 bits per heavy atom. The third kappa shape index (κ3) is 3.52. The first-order valence-electron chi connectivity index (χ1n) is 8.92. The zero-order chi connectivity index (χ0) is 18.8. The minimum absolute atomic E-state index is 0.0557. The van der Waals surface area contributed by atoms with Crippen molar-refractivity contribution >= 4 is 27.5 Å². The summed E-state index contributed by atoms with van der Waals surface area (Å²) in [6, 6.07) is 9.47. The standard InChI is InChI=1S/C20H25N3O2S/c1-5-12(2)17(11-24)21-19(25)15-8-9-16-18(10-15)26-20(22-16)23-13(3)6-7-14(23)4/h6-10,12,17,24H,5,11H2,1-4H3,(H,21,25)/t12-,17-/m1/s1. The molecule has 26 heavy (non-hydrogen) atoms. The molecule has 138 valence electrons. The molecule has 3 aromatic rings. The van der Waals surface area contributed by atoms with Crippen LogP contribution in [-0.4, -0.2) is 33.2 Å². The van der Waals surface area contributed by atoms with Crippen LogP contribution >= 0.6 is 11.3 Å². The molecule has 1 amide bonds. The topological polar surface area (TPSA) is 67.2 Å². The maximum atomic E-state index is 12.6. The highest BCUT2D eigenvalue weighted by atomic mass is 32.1. The van der Waals surface area contributed by atoms with Crippen LogP contribution in [0.5, 0.6) is 0 Å². The van der Waals surface area contributed by atoms with Crippen molar-refractivity contribution in [3.8, 4) is 5.13 Å². The van der Waals surface area contributed by atoms with Gasteiger partial charge in [0.1, 0.15) is 0 Å². The normalized spacial score (nSPS) is 13.7. The Bertz CT molecular complexity index is 909. The minimum Gasteiger partial charge on any atom is -0.394 e. The van der Waals surface area contributed by atoms with E-state index >= 15 is 0 Å². The van der Waals surface area contributed by atoms with Crippen LogP contribution in [0.15, 0.2) is 30.3 Å². The first kappa shape index (κ1) is 18.6. The number of amides is 1.